The summed E-state index contributed by atoms with van der Waals surface area (Å²) in [6, 6.07) is 10.5. The van der Waals surface area contributed by atoms with Gasteiger partial charge in [0.2, 0.25) is 5.95 Å². The molecule has 3 rings (SSSR count). The summed E-state index contributed by atoms with van der Waals surface area (Å²) in [7, 11) is 0. The van der Waals surface area contributed by atoms with Crippen LogP contribution in [0.4, 0.5) is 11.8 Å². The molecule has 5 heteroatoms. The highest BCUT2D eigenvalue weighted by atomic mass is 15.3. The highest BCUT2D eigenvalue weighted by Crippen LogP contribution is 2.19. The second-order valence-corrected chi connectivity index (χ2v) is 5.66. The van der Waals surface area contributed by atoms with E-state index >= 15 is 0 Å². The van der Waals surface area contributed by atoms with Crippen LogP contribution < -0.4 is 9.80 Å². The highest BCUT2D eigenvalue weighted by molar-refractivity contribution is 5.42. The van der Waals surface area contributed by atoms with Crippen LogP contribution in [0, 0.1) is 0 Å². The Morgan fingerprint density at radius 3 is 2.59 bits per heavy atom. The quantitative estimate of drug-likeness (QED) is 0.849. The zero-order valence-electron chi connectivity index (χ0n) is 13.1. The topological polar surface area (TPSA) is 45.2 Å². The summed E-state index contributed by atoms with van der Waals surface area (Å²) < 4.78 is 0. The second kappa shape index (κ2) is 7.20. The van der Waals surface area contributed by atoms with Gasteiger partial charge in [0.1, 0.15) is 0 Å². The van der Waals surface area contributed by atoms with Gasteiger partial charge in [0, 0.05) is 26.2 Å². The lowest BCUT2D eigenvalue weighted by atomic mass is 10.1. The molecule has 1 aliphatic rings. The number of anilines is 2. The van der Waals surface area contributed by atoms with Gasteiger partial charge < -0.3 is 9.80 Å². The zero-order chi connectivity index (χ0) is 15.2. The first kappa shape index (κ1) is 14.8. The molecule has 0 aliphatic carbocycles. The van der Waals surface area contributed by atoms with Crippen molar-refractivity contribution in [3.63, 3.8) is 0 Å². The molecule has 1 saturated heterocycles. The summed E-state index contributed by atoms with van der Waals surface area (Å²) in [5, 5.41) is 8.40. The monoisotopic (exact) mass is 297 g/mol. The van der Waals surface area contributed by atoms with Crippen molar-refractivity contribution in [1.82, 2.24) is 15.2 Å². The standard InChI is InChI=1S/C17H23N5/c1-2-21(14-15-9-5-3-6-10-15)16-13-18-20-17(19-16)22-11-7-4-8-12-22/h3,5-6,9-10,13H,2,4,7-8,11-12,14H2,1H3. The van der Waals surface area contributed by atoms with Crippen LogP contribution in [-0.4, -0.2) is 34.8 Å². The van der Waals surface area contributed by atoms with E-state index in [-0.39, 0.29) is 0 Å². The number of hydrogen-bond acceptors (Lipinski definition) is 5. The Hall–Kier alpha value is -2.17. The molecule has 0 saturated carbocycles. The van der Waals surface area contributed by atoms with E-state index in [1.807, 2.05) is 6.07 Å². The van der Waals surface area contributed by atoms with Gasteiger partial charge >= 0.3 is 0 Å². The second-order valence-electron chi connectivity index (χ2n) is 5.66. The van der Waals surface area contributed by atoms with Gasteiger partial charge in [-0.3, -0.25) is 0 Å². The van der Waals surface area contributed by atoms with Gasteiger partial charge in [-0.15, -0.1) is 5.10 Å². The highest BCUT2D eigenvalue weighted by Gasteiger charge is 2.16. The summed E-state index contributed by atoms with van der Waals surface area (Å²) in [4.78, 5) is 9.22. The van der Waals surface area contributed by atoms with E-state index in [4.69, 9.17) is 4.98 Å². The largest absolute Gasteiger partial charge is 0.351 e. The third-order valence-corrected chi connectivity index (χ3v) is 4.10. The summed E-state index contributed by atoms with van der Waals surface area (Å²) in [5.41, 5.74) is 1.28. The molecule has 1 aliphatic heterocycles. The van der Waals surface area contributed by atoms with Crippen molar-refractivity contribution in [3.8, 4) is 0 Å². The molecule has 0 atom stereocenters. The average Bonchev–Trinajstić information content (AvgIpc) is 2.61. The number of nitrogens with zero attached hydrogens (tertiary/aromatic N) is 5. The minimum absolute atomic E-state index is 0.767. The predicted molar refractivity (Wildman–Crippen MR) is 89.1 cm³/mol. The van der Waals surface area contributed by atoms with Gasteiger partial charge in [0.25, 0.3) is 0 Å². The minimum Gasteiger partial charge on any atom is -0.351 e. The Bertz CT molecular complexity index is 581. The van der Waals surface area contributed by atoms with E-state index in [1.54, 1.807) is 6.20 Å². The summed E-state index contributed by atoms with van der Waals surface area (Å²) >= 11 is 0. The average molecular weight is 297 g/mol. The van der Waals surface area contributed by atoms with E-state index in [0.717, 1.165) is 37.9 Å². The third-order valence-electron chi connectivity index (χ3n) is 4.10. The first-order valence-corrected chi connectivity index (χ1v) is 8.10. The summed E-state index contributed by atoms with van der Waals surface area (Å²) in [6.45, 7) is 5.96. The van der Waals surface area contributed by atoms with Crippen LogP contribution in [0.2, 0.25) is 0 Å². The maximum atomic E-state index is 4.74. The van der Waals surface area contributed by atoms with Gasteiger partial charge in [-0.1, -0.05) is 30.3 Å². The lowest BCUT2D eigenvalue weighted by molar-refractivity contribution is 0.564. The van der Waals surface area contributed by atoms with E-state index in [2.05, 4.69) is 51.2 Å². The molecule has 0 bridgehead atoms. The summed E-state index contributed by atoms with van der Waals surface area (Å²) in [6.07, 6.45) is 5.50. The third kappa shape index (κ3) is 3.53. The first-order valence-electron chi connectivity index (χ1n) is 8.10. The molecular formula is C17H23N5. The van der Waals surface area contributed by atoms with E-state index in [0.29, 0.717) is 0 Å². The van der Waals surface area contributed by atoms with Gasteiger partial charge in [-0.2, -0.15) is 10.1 Å². The maximum Gasteiger partial charge on any atom is 0.247 e. The molecule has 0 radical (unpaired) electrons. The minimum atomic E-state index is 0.767. The predicted octanol–water partition coefficient (Wildman–Crippen LogP) is 2.89. The Morgan fingerprint density at radius 1 is 1.09 bits per heavy atom. The number of piperidine rings is 1. The Balaban J connectivity index is 1.77. The molecular weight excluding hydrogens is 274 g/mol. The van der Waals surface area contributed by atoms with Crippen molar-refractivity contribution >= 4 is 11.8 Å². The van der Waals surface area contributed by atoms with Crippen LogP contribution in [0.25, 0.3) is 0 Å². The SMILES string of the molecule is CCN(Cc1ccccc1)c1cnnc(N2CCCCC2)n1. The Kier molecular flexibility index (Phi) is 4.83. The van der Waals surface area contributed by atoms with Crippen molar-refractivity contribution in [2.24, 2.45) is 0 Å². The number of rotatable bonds is 5. The molecule has 2 aromatic rings. The van der Waals surface area contributed by atoms with Gasteiger partial charge in [0.05, 0.1) is 6.20 Å². The fourth-order valence-corrected chi connectivity index (χ4v) is 2.82. The number of aromatic nitrogens is 3. The molecule has 0 amide bonds. The van der Waals surface area contributed by atoms with Crippen LogP contribution in [0.3, 0.4) is 0 Å². The lowest BCUT2D eigenvalue weighted by Crippen LogP contribution is -2.32. The van der Waals surface area contributed by atoms with E-state index < -0.39 is 0 Å². The van der Waals surface area contributed by atoms with Crippen LogP contribution in [0.15, 0.2) is 36.5 Å². The number of benzene rings is 1. The molecule has 1 aromatic carbocycles. The zero-order valence-corrected chi connectivity index (χ0v) is 13.1. The van der Waals surface area contributed by atoms with Gasteiger partial charge in [0.15, 0.2) is 5.82 Å². The van der Waals surface area contributed by atoms with Crippen molar-refractivity contribution in [2.45, 2.75) is 32.7 Å². The van der Waals surface area contributed by atoms with Gasteiger partial charge in [-0.05, 0) is 31.7 Å². The molecule has 1 fully saturated rings. The van der Waals surface area contributed by atoms with Crippen LogP contribution in [0.5, 0.6) is 0 Å². The van der Waals surface area contributed by atoms with Crippen molar-refractivity contribution in [1.29, 1.82) is 0 Å². The number of hydrogen-bond donors (Lipinski definition) is 0. The van der Waals surface area contributed by atoms with Crippen molar-refractivity contribution < 1.29 is 0 Å². The first-order chi connectivity index (χ1) is 10.9. The van der Waals surface area contributed by atoms with Crippen molar-refractivity contribution in [3.05, 3.63) is 42.1 Å². The molecule has 22 heavy (non-hydrogen) atoms. The maximum absolute atomic E-state index is 4.74. The molecule has 0 N–H and O–H groups in total. The lowest BCUT2D eigenvalue weighted by Gasteiger charge is -2.27. The fraction of sp³-hybridized carbons (Fsp3) is 0.471. The van der Waals surface area contributed by atoms with Crippen LogP contribution in [-0.2, 0) is 6.54 Å². The van der Waals surface area contributed by atoms with E-state index in [1.165, 1.54) is 24.8 Å². The van der Waals surface area contributed by atoms with Gasteiger partial charge in [-0.25, -0.2) is 0 Å². The molecule has 5 nitrogen and oxygen atoms in total. The fourth-order valence-electron chi connectivity index (χ4n) is 2.82. The van der Waals surface area contributed by atoms with Crippen molar-refractivity contribution in [2.75, 3.05) is 29.4 Å². The molecule has 1 aromatic heterocycles. The Labute approximate surface area is 132 Å². The molecule has 0 spiro atoms. The van der Waals surface area contributed by atoms with Crippen LogP contribution >= 0.6 is 0 Å². The van der Waals surface area contributed by atoms with Crippen LogP contribution in [0.1, 0.15) is 31.7 Å². The molecule has 0 unspecified atom stereocenters. The summed E-state index contributed by atoms with van der Waals surface area (Å²) in [5.74, 6) is 1.67. The normalized spacial score (nSPS) is 14.9. The smallest absolute Gasteiger partial charge is 0.247 e. The molecule has 2 heterocycles. The van der Waals surface area contributed by atoms with E-state index in [9.17, 15) is 0 Å². The Morgan fingerprint density at radius 2 is 1.86 bits per heavy atom. The molecule has 116 valence electrons.